The molecule has 0 radical (unpaired) electrons. The second-order valence-corrected chi connectivity index (χ2v) is 5.50. The summed E-state index contributed by atoms with van der Waals surface area (Å²) < 4.78 is 5.20. The van der Waals surface area contributed by atoms with Crippen molar-refractivity contribution in [3.8, 4) is 0 Å². The van der Waals surface area contributed by atoms with Gasteiger partial charge in [-0.25, -0.2) is 0 Å². The van der Waals surface area contributed by atoms with E-state index in [4.69, 9.17) is 4.74 Å². The van der Waals surface area contributed by atoms with Crippen LogP contribution in [0.2, 0.25) is 0 Å². The SMILES string of the molecule is CCOC(=O)[C@@H]1CCC2C3C[C@@H]2CC[C@@H]31. The first-order valence-corrected chi connectivity index (χ1v) is 6.48. The van der Waals surface area contributed by atoms with Gasteiger partial charge in [0, 0.05) is 0 Å². The molecule has 0 aromatic rings. The Bertz CT molecular complexity index is 272. The van der Waals surface area contributed by atoms with Crippen molar-refractivity contribution in [3.05, 3.63) is 0 Å². The molecule has 0 saturated heterocycles. The summed E-state index contributed by atoms with van der Waals surface area (Å²) in [6.07, 6.45) is 6.46. The van der Waals surface area contributed by atoms with Crippen molar-refractivity contribution in [2.24, 2.45) is 29.6 Å². The average molecular weight is 208 g/mol. The number of fused-ring (bicyclic) bond motifs is 2. The maximum Gasteiger partial charge on any atom is 0.309 e. The van der Waals surface area contributed by atoms with E-state index in [0.717, 1.165) is 24.2 Å². The molecule has 0 spiro atoms. The lowest BCUT2D eigenvalue weighted by Gasteiger charge is -2.58. The van der Waals surface area contributed by atoms with Crippen molar-refractivity contribution in [2.45, 2.75) is 39.0 Å². The Balaban J connectivity index is 1.72. The fraction of sp³-hybridized carbons (Fsp3) is 0.923. The summed E-state index contributed by atoms with van der Waals surface area (Å²) in [6, 6.07) is 0. The summed E-state index contributed by atoms with van der Waals surface area (Å²) in [5.41, 5.74) is 0. The third-order valence-electron chi connectivity index (χ3n) is 5.07. The summed E-state index contributed by atoms with van der Waals surface area (Å²) in [4.78, 5) is 11.8. The van der Waals surface area contributed by atoms with Crippen molar-refractivity contribution in [2.75, 3.05) is 6.61 Å². The third-order valence-corrected chi connectivity index (χ3v) is 5.07. The zero-order valence-electron chi connectivity index (χ0n) is 9.45. The summed E-state index contributed by atoms with van der Waals surface area (Å²) >= 11 is 0. The van der Waals surface area contributed by atoms with Gasteiger partial charge in [0.25, 0.3) is 0 Å². The Hall–Kier alpha value is -0.530. The topological polar surface area (TPSA) is 26.3 Å². The van der Waals surface area contributed by atoms with Crippen LogP contribution in [0.15, 0.2) is 0 Å². The largest absolute Gasteiger partial charge is 0.466 e. The van der Waals surface area contributed by atoms with Crippen molar-refractivity contribution in [1.82, 2.24) is 0 Å². The molecule has 3 rings (SSSR count). The van der Waals surface area contributed by atoms with Gasteiger partial charge in [0.1, 0.15) is 0 Å². The van der Waals surface area contributed by atoms with Gasteiger partial charge in [-0.15, -0.1) is 0 Å². The zero-order chi connectivity index (χ0) is 10.4. The van der Waals surface area contributed by atoms with Gasteiger partial charge >= 0.3 is 5.97 Å². The van der Waals surface area contributed by atoms with E-state index in [1.165, 1.54) is 25.7 Å². The smallest absolute Gasteiger partial charge is 0.309 e. The summed E-state index contributed by atoms with van der Waals surface area (Å²) in [7, 11) is 0. The maximum atomic E-state index is 11.8. The predicted octanol–water partition coefficient (Wildman–Crippen LogP) is 2.62. The normalized spacial score (nSPS) is 46.9. The molecule has 3 aliphatic rings. The fourth-order valence-electron chi connectivity index (χ4n) is 4.38. The Labute approximate surface area is 91.4 Å². The van der Waals surface area contributed by atoms with Crippen LogP contribution in [0, 0.1) is 29.6 Å². The lowest BCUT2D eigenvalue weighted by Crippen LogP contribution is -2.53. The molecular formula is C13H20O2. The van der Waals surface area contributed by atoms with Gasteiger partial charge < -0.3 is 4.74 Å². The Kier molecular flexibility index (Phi) is 2.26. The summed E-state index contributed by atoms with van der Waals surface area (Å²) in [5.74, 6) is 3.89. The predicted molar refractivity (Wildman–Crippen MR) is 57.2 cm³/mol. The second-order valence-electron chi connectivity index (χ2n) is 5.50. The summed E-state index contributed by atoms with van der Waals surface area (Å²) in [6.45, 7) is 2.45. The highest BCUT2D eigenvalue weighted by Crippen LogP contribution is 2.61. The summed E-state index contributed by atoms with van der Waals surface area (Å²) in [5, 5.41) is 0. The van der Waals surface area contributed by atoms with Gasteiger partial charge in [-0.3, -0.25) is 4.79 Å². The number of hydrogen-bond acceptors (Lipinski definition) is 2. The number of rotatable bonds is 2. The highest BCUT2D eigenvalue weighted by Gasteiger charge is 2.54. The van der Waals surface area contributed by atoms with Crippen LogP contribution in [0.25, 0.3) is 0 Å². The van der Waals surface area contributed by atoms with Gasteiger partial charge in [0.05, 0.1) is 12.5 Å². The highest BCUT2D eigenvalue weighted by atomic mass is 16.5. The van der Waals surface area contributed by atoms with E-state index in [1.54, 1.807) is 0 Å². The van der Waals surface area contributed by atoms with E-state index >= 15 is 0 Å². The van der Waals surface area contributed by atoms with Crippen LogP contribution in [0.4, 0.5) is 0 Å². The van der Waals surface area contributed by atoms with E-state index in [-0.39, 0.29) is 11.9 Å². The number of hydrogen-bond donors (Lipinski definition) is 0. The molecular weight excluding hydrogens is 188 g/mol. The minimum Gasteiger partial charge on any atom is -0.466 e. The van der Waals surface area contributed by atoms with E-state index in [0.29, 0.717) is 12.5 Å². The van der Waals surface area contributed by atoms with E-state index < -0.39 is 0 Å². The number of esters is 1. The molecule has 5 atom stereocenters. The van der Waals surface area contributed by atoms with Crippen LogP contribution in [0.5, 0.6) is 0 Å². The average Bonchev–Trinajstić information content (AvgIpc) is 2.22. The lowest BCUT2D eigenvalue weighted by atomic mass is 9.46. The first-order chi connectivity index (χ1) is 7.31. The maximum absolute atomic E-state index is 11.8. The van der Waals surface area contributed by atoms with Gasteiger partial charge in [-0.2, -0.15) is 0 Å². The molecule has 0 amide bonds. The standard InChI is InChI=1S/C13H20O2/c1-2-15-13(14)11-6-5-9-8-3-4-10(11)12(9)7-8/h8-12H,2-7H2,1H3/t8-,9?,10+,11+,12?/m0/s1. The Morgan fingerprint density at radius 1 is 1.13 bits per heavy atom. The minimum absolute atomic E-state index is 0.0892. The molecule has 84 valence electrons. The molecule has 3 saturated carbocycles. The molecule has 0 aromatic heterocycles. The quantitative estimate of drug-likeness (QED) is 0.652. The number of ether oxygens (including phenoxy) is 1. The van der Waals surface area contributed by atoms with Gasteiger partial charge in [0.15, 0.2) is 0 Å². The molecule has 3 aliphatic carbocycles. The van der Waals surface area contributed by atoms with Crippen LogP contribution in [0.3, 0.4) is 0 Å². The van der Waals surface area contributed by atoms with Crippen LogP contribution in [-0.4, -0.2) is 12.6 Å². The molecule has 0 N–H and O–H groups in total. The molecule has 2 bridgehead atoms. The van der Waals surface area contributed by atoms with Crippen LogP contribution in [-0.2, 0) is 9.53 Å². The van der Waals surface area contributed by atoms with Gasteiger partial charge in [-0.1, -0.05) is 0 Å². The monoisotopic (exact) mass is 208 g/mol. The number of carbonyl (C=O) groups excluding carboxylic acids is 1. The first kappa shape index (κ1) is 9.68. The molecule has 15 heavy (non-hydrogen) atoms. The van der Waals surface area contributed by atoms with E-state index in [1.807, 2.05) is 6.92 Å². The van der Waals surface area contributed by atoms with Crippen LogP contribution in [0.1, 0.15) is 39.0 Å². The fourth-order valence-corrected chi connectivity index (χ4v) is 4.38. The van der Waals surface area contributed by atoms with Crippen molar-refractivity contribution in [1.29, 1.82) is 0 Å². The van der Waals surface area contributed by atoms with Crippen molar-refractivity contribution < 1.29 is 9.53 Å². The zero-order valence-corrected chi connectivity index (χ0v) is 9.45. The molecule has 0 aliphatic heterocycles. The number of carbonyl (C=O) groups is 1. The van der Waals surface area contributed by atoms with Gasteiger partial charge in [-0.05, 0) is 62.7 Å². The minimum atomic E-state index is 0.0892. The Morgan fingerprint density at radius 3 is 2.67 bits per heavy atom. The Morgan fingerprint density at radius 2 is 1.93 bits per heavy atom. The van der Waals surface area contributed by atoms with Crippen molar-refractivity contribution in [3.63, 3.8) is 0 Å². The van der Waals surface area contributed by atoms with Gasteiger partial charge in [0.2, 0.25) is 0 Å². The van der Waals surface area contributed by atoms with Crippen LogP contribution >= 0.6 is 0 Å². The lowest BCUT2D eigenvalue weighted by molar-refractivity contribution is -0.164. The van der Waals surface area contributed by atoms with E-state index in [9.17, 15) is 4.79 Å². The molecule has 2 heteroatoms. The molecule has 2 unspecified atom stereocenters. The highest BCUT2D eigenvalue weighted by molar-refractivity contribution is 5.73. The van der Waals surface area contributed by atoms with E-state index in [2.05, 4.69) is 0 Å². The first-order valence-electron chi connectivity index (χ1n) is 6.48. The molecule has 0 aromatic carbocycles. The van der Waals surface area contributed by atoms with Crippen LogP contribution < -0.4 is 0 Å². The molecule has 3 fully saturated rings. The second kappa shape index (κ2) is 3.50. The molecule has 0 heterocycles. The molecule has 2 nitrogen and oxygen atoms in total. The third kappa shape index (κ3) is 1.33. The van der Waals surface area contributed by atoms with Crippen molar-refractivity contribution >= 4 is 5.97 Å².